The number of dihydropyridines is 1. The fourth-order valence-corrected chi connectivity index (χ4v) is 10.4. The average Bonchev–Trinajstić information content (AvgIpc) is 4.02. The van der Waals surface area contributed by atoms with Gasteiger partial charge in [0.15, 0.2) is 11.5 Å². The molecule has 0 bridgehead atoms. The molecular formula is C51H79N5O8. The minimum atomic E-state index is -0.936. The Bertz CT molecular complexity index is 1920. The Morgan fingerprint density at radius 1 is 0.906 bits per heavy atom. The molecule has 1 fully saturated rings. The van der Waals surface area contributed by atoms with Gasteiger partial charge in [0.1, 0.15) is 24.2 Å². The van der Waals surface area contributed by atoms with Crippen molar-refractivity contribution in [2.75, 3.05) is 26.3 Å². The molecule has 0 unspecified atom stereocenters. The minimum absolute atomic E-state index is 0.00583. The van der Waals surface area contributed by atoms with Crippen molar-refractivity contribution in [1.29, 1.82) is 0 Å². The Kier molecular flexibility index (Phi) is 19.5. The van der Waals surface area contributed by atoms with Crippen molar-refractivity contribution in [3.8, 4) is 11.5 Å². The maximum atomic E-state index is 11.4. The van der Waals surface area contributed by atoms with Crippen LogP contribution in [0, 0.1) is 11.8 Å². The number of furan rings is 1. The standard InChI is InChI=1S/C51H79N5O8/c1-33(59)30-55-44(11-7-25-57)51-41-10-6-8-36(41)16-21-43-42(51)29-45(56-43)47(62)32-63-49-26-34(15-22-46(49)61)14-20-40-28-37(31-58)48(64-40)12-5-3-2-4-9-38(52)17-19-39(60)18-13-35-23-24-54-50(53)27-35/h15,22-23,26-29,33,36,38-39,41,44,47,51,54-62H,2-14,16-21,24-25,30-32,52-53H2,1H3/t33-,36+,38-,39+,41-,44+,47-,51-/m0/s1. The smallest absolute Gasteiger partial charge is 0.161 e. The summed E-state index contributed by atoms with van der Waals surface area (Å²) in [5.41, 5.74) is 18.2. The summed E-state index contributed by atoms with van der Waals surface area (Å²) in [6.07, 6.45) is 19.5. The van der Waals surface area contributed by atoms with Crippen molar-refractivity contribution < 1.29 is 39.8 Å². The van der Waals surface area contributed by atoms with Gasteiger partial charge in [0.25, 0.3) is 0 Å². The van der Waals surface area contributed by atoms with Crippen molar-refractivity contribution in [2.24, 2.45) is 23.3 Å². The summed E-state index contributed by atoms with van der Waals surface area (Å²) >= 11 is 0. The van der Waals surface area contributed by atoms with Gasteiger partial charge >= 0.3 is 0 Å². The van der Waals surface area contributed by atoms with Crippen LogP contribution in [0.1, 0.15) is 155 Å². The van der Waals surface area contributed by atoms with E-state index in [1.807, 2.05) is 24.3 Å². The number of fused-ring (bicyclic) bond motifs is 2. The van der Waals surface area contributed by atoms with Crippen LogP contribution in [-0.4, -0.2) is 86.2 Å². The number of aliphatic hydroxyl groups excluding tert-OH is 5. The zero-order valence-corrected chi connectivity index (χ0v) is 38.3. The quantitative estimate of drug-likeness (QED) is 0.0359. The number of benzene rings is 1. The molecule has 3 aliphatic rings. The van der Waals surface area contributed by atoms with Gasteiger partial charge < -0.3 is 66.9 Å². The number of unbranched alkanes of at least 4 members (excludes halogenated alkanes) is 3. The molecule has 1 saturated carbocycles. The molecule has 2 aliphatic carbocycles. The number of aliphatic hydroxyl groups is 5. The highest BCUT2D eigenvalue weighted by atomic mass is 16.5. The molecule has 1 aromatic carbocycles. The lowest BCUT2D eigenvalue weighted by molar-refractivity contribution is 0.103. The van der Waals surface area contributed by atoms with E-state index in [9.17, 15) is 30.6 Å². The van der Waals surface area contributed by atoms with E-state index in [1.165, 1.54) is 24.0 Å². The summed E-state index contributed by atoms with van der Waals surface area (Å²) < 4.78 is 12.3. The number of hydrogen-bond acceptors (Lipinski definition) is 12. The molecular weight excluding hydrogens is 811 g/mol. The maximum Gasteiger partial charge on any atom is 0.161 e. The van der Waals surface area contributed by atoms with Gasteiger partial charge in [-0.3, -0.25) is 0 Å². The van der Waals surface area contributed by atoms with Gasteiger partial charge in [0.05, 0.1) is 24.6 Å². The summed E-state index contributed by atoms with van der Waals surface area (Å²) in [6.45, 7) is 3.03. The molecule has 3 aromatic rings. The number of allylic oxidation sites excluding steroid dienone is 2. The van der Waals surface area contributed by atoms with Gasteiger partial charge in [-0.2, -0.15) is 0 Å². The van der Waals surface area contributed by atoms with Crippen LogP contribution in [-0.2, 0) is 32.3 Å². The first-order valence-electron chi connectivity index (χ1n) is 24.4. The minimum Gasteiger partial charge on any atom is -0.504 e. The number of aryl methyl sites for hydroxylation is 4. The molecule has 2 aromatic heterocycles. The van der Waals surface area contributed by atoms with E-state index in [-0.39, 0.29) is 49.7 Å². The summed E-state index contributed by atoms with van der Waals surface area (Å²) in [7, 11) is 0. The fraction of sp³-hybridized carbons (Fsp3) is 0.647. The second-order valence-corrected chi connectivity index (χ2v) is 19.0. The predicted molar refractivity (Wildman–Crippen MR) is 251 cm³/mol. The molecule has 3 heterocycles. The van der Waals surface area contributed by atoms with E-state index in [1.54, 1.807) is 13.0 Å². The number of phenolic OH excluding ortho intramolecular Hbond substituents is 1. The van der Waals surface area contributed by atoms with Gasteiger partial charge in [-0.25, -0.2) is 0 Å². The van der Waals surface area contributed by atoms with E-state index in [0.717, 1.165) is 112 Å². The van der Waals surface area contributed by atoms with Crippen molar-refractivity contribution in [1.82, 2.24) is 15.6 Å². The zero-order chi connectivity index (χ0) is 45.4. The van der Waals surface area contributed by atoms with Crippen LogP contribution >= 0.6 is 0 Å². The van der Waals surface area contributed by atoms with Crippen LogP contribution in [0.2, 0.25) is 0 Å². The molecule has 0 spiro atoms. The van der Waals surface area contributed by atoms with Crippen LogP contribution in [0.5, 0.6) is 11.5 Å². The lowest BCUT2D eigenvalue weighted by Crippen LogP contribution is -2.42. The zero-order valence-electron chi connectivity index (χ0n) is 38.3. The fourth-order valence-electron chi connectivity index (χ4n) is 10.4. The van der Waals surface area contributed by atoms with Crippen LogP contribution in [0.3, 0.4) is 0 Å². The van der Waals surface area contributed by atoms with E-state index in [0.29, 0.717) is 67.7 Å². The van der Waals surface area contributed by atoms with Gasteiger partial charge in [0.2, 0.25) is 0 Å². The number of phenols is 1. The van der Waals surface area contributed by atoms with Crippen LogP contribution in [0.15, 0.2) is 58.3 Å². The molecule has 13 nitrogen and oxygen atoms in total. The highest BCUT2D eigenvalue weighted by molar-refractivity contribution is 5.42. The van der Waals surface area contributed by atoms with Crippen molar-refractivity contribution in [3.05, 3.63) is 93.5 Å². The average molecular weight is 890 g/mol. The van der Waals surface area contributed by atoms with Gasteiger partial charge in [-0.1, -0.05) is 44.2 Å². The Hall–Kier alpha value is -3.82. The lowest BCUT2D eigenvalue weighted by Gasteiger charge is -2.35. The van der Waals surface area contributed by atoms with Crippen molar-refractivity contribution in [2.45, 2.75) is 172 Å². The predicted octanol–water partition coefficient (Wildman–Crippen LogP) is 6.33. The van der Waals surface area contributed by atoms with E-state index < -0.39 is 12.2 Å². The van der Waals surface area contributed by atoms with E-state index in [4.69, 9.17) is 20.6 Å². The number of nitrogens with one attached hydrogen (secondary N) is 3. The molecule has 0 radical (unpaired) electrons. The van der Waals surface area contributed by atoms with Gasteiger partial charge in [0, 0.05) is 67.5 Å². The third-order valence-electron chi connectivity index (χ3n) is 14.0. The molecule has 356 valence electrons. The van der Waals surface area contributed by atoms with Crippen LogP contribution in [0.25, 0.3) is 0 Å². The molecule has 64 heavy (non-hydrogen) atoms. The highest BCUT2D eigenvalue weighted by Gasteiger charge is 2.42. The number of H-pyrrole nitrogens is 1. The number of rotatable bonds is 28. The Morgan fingerprint density at radius 2 is 1.75 bits per heavy atom. The Balaban J connectivity index is 0.941. The van der Waals surface area contributed by atoms with Gasteiger partial charge in [-0.05, 0) is 143 Å². The number of nitrogens with two attached hydrogens (primary N) is 2. The monoisotopic (exact) mass is 890 g/mol. The summed E-state index contributed by atoms with van der Waals surface area (Å²) in [5, 5.41) is 69.3. The molecule has 8 atom stereocenters. The number of ether oxygens (including phenoxy) is 1. The number of aromatic hydroxyl groups is 1. The molecule has 13 N–H and O–H groups in total. The normalized spacial score (nSPS) is 20.9. The Labute approximate surface area is 380 Å². The molecule has 6 rings (SSSR count). The van der Waals surface area contributed by atoms with Crippen molar-refractivity contribution >= 4 is 0 Å². The SMILES string of the molecule is C[C@H](O)CN[C@H](CCCO)[C@@H]1c2cc([C@@H](O)COc3cc(CCc4cc(CO)c(CCCCCC[C@H](N)CC[C@H](O)CCC5=CCNC(N)=C5)o4)ccc3O)[nH]c2CC[C@H]2CCC[C@@H]21. The first-order chi connectivity index (χ1) is 31.0. The summed E-state index contributed by atoms with van der Waals surface area (Å²) in [4.78, 5) is 3.56. The number of aromatic amines is 1. The third kappa shape index (κ3) is 14.6. The van der Waals surface area contributed by atoms with E-state index >= 15 is 0 Å². The number of hydrogen-bond donors (Lipinski definition) is 11. The first-order valence-corrected chi connectivity index (χ1v) is 24.4. The highest BCUT2D eigenvalue weighted by Crippen LogP contribution is 2.49. The third-order valence-corrected chi connectivity index (χ3v) is 14.0. The van der Waals surface area contributed by atoms with Gasteiger partial charge in [-0.15, -0.1) is 0 Å². The van der Waals surface area contributed by atoms with Crippen LogP contribution in [0.4, 0.5) is 0 Å². The summed E-state index contributed by atoms with van der Waals surface area (Å²) in [6, 6.07) is 9.54. The molecule has 13 heteroatoms. The maximum absolute atomic E-state index is 11.4. The second-order valence-electron chi connectivity index (χ2n) is 19.0. The van der Waals surface area contributed by atoms with Crippen LogP contribution < -0.4 is 26.8 Å². The first kappa shape index (κ1) is 49.6. The van der Waals surface area contributed by atoms with Crippen molar-refractivity contribution in [3.63, 3.8) is 0 Å². The summed E-state index contributed by atoms with van der Waals surface area (Å²) in [5.74, 6) is 3.99. The molecule has 0 amide bonds. The largest absolute Gasteiger partial charge is 0.504 e. The van der Waals surface area contributed by atoms with E-state index in [2.05, 4.69) is 27.8 Å². The molecule has 0 saturated heterocycles. The number of aromatic nitrogens is 1. The topological polar surface area (TPSA) is 236 Å². The lowest BCUT2D eigenvalue weighted by atomic mass is 9.75. The Morgan fingerprint density at radius 3 is 2.55 bits per heavy atom. The second kappa shape index (κ2) is 25.2. The molecule has 1 aliphatic heterocycles.